The van der Waals surface area contributed by atoms with Crippen LogP contribution in [0.5, 0.6) is 17.4 Å². The minimum atomic E-state index is 0.472. The minimum absolute atomic E-state index is 0.472. The second-order valence-corrected chi connectivity index (χ2v) is 12.3. The topological polar surface area (TPSA) is 74.8 Å². The SMILES string of the molecule is CCCCn1c(-c2ccccc2)nc(Cl)c1CN(CCCCCc1cc(OCc2ccccc2)no1)Cc1ccc2c(c1)OCCO2. The number of aryl methyl sites for hydroxylation is 1. The molecule has 0 saturated carbocycles. The number of benzene rings is 3. The van der Waals surface area contributed by atoms with Crippen molar-refractivity contribution in [2.24, 2.45) is 0 Å². The first-order chi connectivity index (χ1) is 23.2. The van der Waals surface area contributed by atoms with Gasteiger partial charge in [0.25, 0.3) is 5.88 Å². The molecule has 0 bridgehead atoms. The van der Waals surface area contributed by atoms with E-state index in [0.717, 1.165) is 98.1 Å². The van der Waals surface area contributed by atoms with Crippen LogP contribution in [0.2, 0.25) is 5.15 Å². The third kappa shape index (κ3) is 8.96. The first-order valence-corrected chi connectivity index (χ1v) is 17.1. The molecule has 1 aliphatic heterocycles. The van der Waals surface area contributed by atoms with Gasteiger partial charge in [0, 0.05) is 37.7 Å². The molecule has 0 unspecified atom stereocenters. The van der Waals surface area contributed by atoms with Crippen molar-refractivity contribution in [1.29, 1.82) is 0 Å². The second-order valence-electron chi connectivity index (χ2n) is 11.9. The molecule has 0 fully saturated rings. The highest BCUT2D eigenvalue weighted by Gasteiger charge is 2.21. The fourth-order valence-corrected chi connectivity index (χ4v) is 6.11. The van der Waals surface area contributed by atoms with Gasteiger partial charge in [0.15, 0.2) is 16.7 Å². The van der Waals surface area contributed by atoms with Crippen molar-refractivity contribution in [3.05, 3.63) is 113 Å². The molecule has 1 aliphatic rings. The fraction of sp³-hybridized carbons (Fsp3) is 0.368. The van der Waals surface area contributed by atoms with Gasteiger partial charge in [-0.3, -0.25) is 4.90 Å². The maximum Gasteiger partial charge on any atom is 0.254 e. The minimum Gasteiger partial charge on any atom is -0.486 e. The van der Waals surface area contributed by atoms with Gasteiger partial charge >= 0.3 is 0 Å². The molecule has 0 spiro atoms. The van der Waals surface area contributed by atoms with Gasteiger partial charge in [-0.05, 0) is 54.2 Å². The molecule has 0 saturated heterocycles. The Morgan fingerprint density at radius 3 is 2.43 bits per heavy atom. The lowest BCUT2D eigenvalue weighted by Gasteiger charge is -2.25. The molecule has 3 aromatic carbocycles. The van der Waals surface area contributed by atoms with Gasteiger partial charge < -0.3 is 23.3 Å². The first kappa shape index (κ1) is 32.7. The van der Waals surface area contributed by atoms with E-state index in [9.17, 15) is 0 Å². The molecule has 0 atom stereocenters. The van der Waals surface area contributed by atoms with E-state index in [1.54, 1.807) is 0 Å². The summed E-state index contributed by atoms with van der Waals surface area (Å²) in [5, 5.41) is 4.67. The van der Waals surface area contributed by atoms with Gasteiger partial charge in [-0.15, -0.1) is 0 Å². The summed E-state index contributed by atoms with van der Waals surface area (Å²) in [7, 11) is 0. The maximum atomic E-state index is 6.91. The highest BCUT2D eigenvalue weighted by Crippen LogP contribution is 2.32. The molecule has 3 heterocycles. The average Bonchev–Trinajstić information content (AvgIpc) is 3.70. The number of ether oxygens (including phenoxy) is 3. The molecule has 47 heavy (non-hydrogen) atoms. The Balaban J connectivity index is 1.11. The molecule has 0 radical (unpaired) electrons. The Morgan fingerprint density at radius 1 is 0.830 bits per heavy atom. The predicted octanol–water partition coefficient (Wildman–Crippen LogP) is 8.76. The molecule has 2 aromatic heterocycles. The summed E-state index contributed by atoms with van der Waals surface area (Å²) in [4.78, 5) is 7.33. The van der Waals surface area contributed by atoms with E-state index in [4.69, 9.17) is 35.3 Å². The molecular formula is C38H43ClN4O4. The largest absolute Gasteiger partial charge is 0.486 e. The van der Waals surface area contributed by atoms with Crippen molar-refractivity contribution in [3.63, 3.8) is 0 Å². The van der Waals surface area contributed by atoms with Gasteiger partial charge in [0.05, 0.1) is 5.69 Å². The molecule has 8 nitrogen and oxygen atoms in total. The number of rotatable bonds is 17. The number of imidazole rings is 1. The van der Waals surface area contributed by atoms with Crippen molar-refractivity contribution in [3.8, 4) is 28.8 Å². The highest BCUT2D eigenvalue weighted by atomic mass is 35.5. The van der Waals surface area contributed by atoms with Gasteiger partial charge in [-0.1, -0.05) is 98.1 Å². The standard InChI is InChI=1S/C38H43ClN4O4/c1-2-3-21-43-33(37(39)40-38(43)31-15-9-5-10-16-31)27-42(26-30-18-19-34-35(24-30)45-23-22-44-34)20-12-6-11-17-32-25-36(41-47-32)46-28-29-13-7-4-8-14-29/h4-5,7-10,13-16,18-19,24-25H,2-3,6,11-12,17,20-23,26-28H2,1H3. The zero-order valence-corrected chi connectivity index (χ0v) is 27.8. The van der Waals surface area contributed by atoms with Crippen LogP contribution in [-0.4, -0.2) is 39.4 Å². The van der Waals surface area contributed by atoms with Crippen LogP contribution in [0.1, 0.15) is 61.6 Å². The average molecular weight is 655 g/mol. The lowest BCUT2D eigenvalue weighted by atomic mass is 10.1. The van der Waals surface area contributed by atoms with Crippen LogP contribution in [0.15, 0.2) is 89.5 Å². The summed E-state index contributed by atoms with van der Waals surface area (Å²) in [5.74, 6) is 3.92. The Morgan fingerprint density at radius 2 is 1.62 bits per heavy atom. The van der Waals surface area contributed by atoms with E-state index >= 15 is 0 Å². The van der Waals surface area contributed by atoms with E-state index in [-0.39, 0.29) is 0 Å². The Hall–Kier alpha value is -4.27. The van der Waals surface area contributed by atoms with Crippen LogP contribution in [0.4, 0.5) is 0 Å². The lowest BCUT2D eigenvalue weighted by molar-refractivity contribution is 0.171. The number of hydrogen-bond acceptors (Lipinski definition) is 7. The van der Waals surface area contributed by atoms with Crippen molar-refractivity contribution in [2.45, 2.75) is 71.7 Å². The smallest absolute Gasteiger partial charge is 0.254 e. The van der Waals surface area contributed by atoms with Crippen molar-refractivity contribution in [1.82, 2.24) is 19.6 Å². The van der Waals surface area contributed by atoms with Crippen molar-refractivity contribution in [2.75, 3.05) is 19.8 Å². The summed E-state index contributed by atoms with van der Waals surface area (Å²) >= 11 is 6.91. The van der Waals surface area contributed by atoms with E-state index in [1.165, 1.54) is 5.56 Å². The first-order valence-electron chi connectivity index (χ1n) is 16.7. The summed E-state index contributed by atoms with van der Waals surface area (Å²) in [5.41, 5.74) is 4.42. The van der Waals surface area contributed by atoms with Crippen LogP contribution in [0.25, 0.3) is 11.4 Å². The Bertz CT molecular complexity index is 1690. The lowest BCUT2D eigenvalue weighted by Crippen LogP contribution is -2.26. The third-order valence-corrected chi connectivity index (χ3v) is 8.64. The number of fused-ring (bicyclic) bond motifs is 1. The van der Waals surface area contributed by atoms with Gasteiger partial charge in [0.2, 0.25) is 0 Å². The molecule has 246 valence electrons. The van der Waals surface area contributed by atoms with Gasteiger partial charge in [-0.25, -0.2) is 4.98 Å². The van der Waals surface area contributed by atoms with Crippen LogP contribution in [0.3, 0.4) is 0 Å². The summed E-state index contributed by atoms with van der Waals surface area (Å²) in [6, 6.07) is 28.6. The monoisotopic (exact) mass is 654 g/mol. The van der Waals surface area contributed by atoms with Crippen LogP contribution < -0.4 is 14.2 Å². The van der Waals surface area contributed by atoms with E-state index in [0.29, 0.717) is 37.4 Å². The van der Waals surface area contributed by atoms with Crippen molar-refractivity contribution >= 4 is 11.6 Å². The van der Waals surface area contributed by atoms with Gasteiger partial charge in [-0.2, -0.15) is 0 Å². The number of unbranched alkanes of at least 4 members (excludes halogenated alkanes) is 3. The highest BCUT2D eigenvalue weighted by molar-refractivity contribution is 6.30. The normalized spacial score (nSPS) is 12.5. The van der Waals surface area contributed by atoms with Gasteiger partial charge in [0.1, 0.15) is 31.4 Å². The fourth-order valence-electron chi connectivity index (χ4n) is 5.87. The van der Waals surface area contributed by atoms with Crippen LogP contribution >= 0.6 is 11.6 Å². The zero-order valence-electron chi connectivity index (χ0n) is 27.1. The van der Waals surface area contributed by atoms with E-state index in [2.05, 4.69) is 45.8 Å². The Labute approximate surface area is 282 Å². The molecular weight excluding hydrogens is 612 g/mol. The van der Waals surface area contributed by atoms with Crippen LogP contribution in [0, 0.1) is 0 Å². The molecule has 0 amide bonds. The molecule has 0 aliphatic carbocycles. The quantitative estimate of drug-likeness (QED) is 0.0928. The third-order valence-electron chi connectivity index (χ3n) is 8.34. The summed E-state index contributed by atoms with van der Waals surface area (Å²) in [6.45, 7) is 7.08. The van der Waals surface area contributed by atoms with Crippen molar-refractivity contribution < 1.29 is 18.7 Å². The number of nitrogens with zero attached hydrogens (tertiary/aromatic N) is 4. The predicted molar refractivity (Wildman–Crippen MR) is 184 cm³/mol. The molecule has 9 heteroatoms. The second kappa shape index (κ2) is 16.5. The molecule has 6 rings (SSSR count). The maximum absolute atomic E-state index is 6.91. The Kier molecular flexibility index (Phi) is 11.5. The molecule has 5 aromatic rings. The van der Waals surface area contributed by atoms with E-state index in [1.807, 2.05) is 60.7 Å². The molecule has 0 N–H and O–H groups in total. The number of hydrogen-bond donors (Lipinski definition) is 0. The van der Waals surface area contributed by atoms with E-state index < -0.39 is 0 Å². The summed E-state index contributed by atoms with van der Waals surface area (Å²) in [6.07, 6.45) is 6.05. The van der Waals surface area contributed by atoms with Crippen LogP contribution in [-0.2, 0) is 32.7 Å². The number of aromatic nitrogens is 3. The number of halogens is 1. The summed E-state index contributed by atoms with van der Waals surface area (Å²) < 4.78 is 25.3. The zero-order chi connectivity index (χ0) is 32.3.